The van der Waals surface area contributed by atoms with E-state index in [9.17, 15) is 9.90 Å². The van der Waals surface area contributed by atoms with Crippen molar-refractivity contribution in [3.63, 3.8) is 0 Å². The van der Waals surface area contributed by atoms with Gasteiger partial charge in [-0.05, 0) is 67.6 Å². The van der Waals surface area contributed by atoms with Gasteiger partial charge in [-0.15, -0.1) is 0 Å². The Morgan fingerprint density at radius 2 is 2.11 bits per heavy atom. The Kier molecular flexibility index (Phi) is 4.71. The van der Waals surface area contributed by atoms with Gasteiger partial charge in [0.15, 0.2) is 0 Å². The molecule has 1 N–H and O–H groups in total. The summed E-state index contributed by atoms with van der Waals surface area (Å²) in [5.74, 6) is 0.862. The lowest BCUT2D eigenvalue weighted by Gasteiger charge is -2.28. The van der Waals surface area contributed by atoms with Crippen molar-refractivity contribution in [1.29, 1.82) is 0 Å². The molecule has 6 heteroatoms. The van der Waals surface area contributed by atoms with Gasteiger partial charge >= 0.3 is 6.09 Å². The molecule has 0 saturated carbocycles. The van der Waals surface area contributed by atoms with Crippen LogP contribution >= 0.6 is 0 Å². The van der Waals surface area contributed by atoms with E-state index in [1.807, 2.05) is 22.9 Å². The normalized spacial score (nSPS) is 13.8. The van der Waals surface area contributed by atoms with E-state index in [-0.39, 0.29) is 0 Å². The lowest BCUT2D eigenvalue weighted by molar-refractivity contribution is 0.140. The fourth-order valence-corrected chi connectivity index (χ4v) is 3.75. The van der Waals surface area contributed by atoms with Gasteiger partial charge in [0.05, 0.1) is 5.52 Å². The quantitative estimate of drug-likeness (QED) is 0.723. The van der Waals surface area contributed by atoms with Crippen LogP contribution in [0.3, 0.4) is 0 Å². The zero-order valence-electron chi connectivity index (χ0n) is 16.5. The molecule has 0 saturated heterocycles. The zero-order chi connectivity index (χ0) is 19.8. The molecule has 0 aliphatic carbocycles. The number of hydrogen-bond acceptors (Lipinski definition) is 3. The first-order valence-corrected chi connectivity index (χ1v) is 9.62. The lowest BCUT2D eigenvalue weighted by Crippen LogP contribution is -2.35. The van der Waals surface area contributed by atoms with Gasteiger partial charge in [0.1, 0.15) is 12.4 Å². The largest absolute Gasteiger partial charge is 0.489 e. The SMILES string of the molecule is Cc1c(OCc2ccc3nn(C(C)C)cc3c2)ccc2c1CCN(C(=O)O)C2. The molecule has 1 aliphatic heterocycles. The van der Waals surface area contributed by atoms with Gasteiger partial charge < -0.3 is 14.7 Å². The highest BCUT2D eigenvalue weighted by Gasteiger charge is 2.22. The van der Waals surface area contributed by atoms with Gasteiger partial charge in [-0.2, -0.15) is 5.10 Å². The molecule has 0 atom stereocenters. The average molecular weight is 379 g/mol. The van der Waals surface area contributed by atoms with Crippen LogP contribution in [-0.4, -0.2) is 32.4 Å². The molecule has 146 valence electrons. The molecule has 1 aliphatic rings. The maximum Gasteiger partial charge on any atom is 0.407 e. The summed E-state index contributed by atoms with van der Waals surface area (Å²) in [6, 6.07) is 10.5. The highest BCUT2D eigenvalue weighted by molar-refractivity contribution is 5.78. The molecule has 0 unspecified atom stereocenters. The Morgan fingerprint density at radius 1 is 1.29 bits per heavy atom. The third-order valence-corrected chi connectivity index (χ3v) is 5.42. The van der Waals surface area contributed by atoms with Crippen LogP contribution in [0.2, 0.25) is 0 Å². The van der Waals surface area contributed by atoms with Crippen molar-refractivity contribution < 1.29 is 14.6 Å². The number of benzene rings is 2. The second-order valence-electron chi connectivity index (χ2n) is 7.67. The van der Waals surface area contributed by atoms with Gasteiger partial charge in [0, 0.05) is 30.7 Å². The van der Waals surface area contributed by atoms with Gasteiger partial charge in [-0.25, -0.2) is 4.79 Å². The summed E-state index contributed by atoms with van der Waals surface area (Å²) >= 11 is 0. The summed E-state index contributed by atoms with van der Waals surface area (Å²) in [6.07, 6.45) is 1.94. The Bertz CT molecular complexity index is 1040. The van der Waals surface area contributed by atoms with Crippen LogP contribution in [0.15, 0.2) is 36.5 Å². The number of hydrogen-bond donors (Lipinski definition) is 1. The number of rotatable bonds is 4. The maximum atomic E-state index is 11.2. The van der Waals surface area contributed by atoms with E-state index in [0.29, 0.717) is 25.7 Å². The first-order chi connectivity index (χ1) is 13.4. The Hall–Kier alpha value is -3.02. The van der Waals surface area contributed by atoms with Crippen LogP contribution in [0.4, 0.5) is 4.79 Å². The second kappa shape index (κ2) is 7.19. The number of carboxylic acid groups (broad SMARTS) is 1. The van der Waals surface area contributed by atoms with E-state index in [1.54, 1.807) is 0 Å². The number of fused-ring (bicyclic) bond motifs is 2. The molecule has 0 spiro atoms. The van der Waals surface area contributed by atoms with Crippen molar-refractivity contribution in [2.24, 2.45) is 0 Å². The van der Waals surface area contributed by atoms with Crippen LogP contribution in [0.5, 0.6) is 5.75 Å². The summed E-state index contributed by atoms with van der Waals surface area (Å²) < 4.78 is 8.08. The van der Waals surface area contributed by atoms with E-state index in [2.05, 4.69) is 44.2 Å². The summed E-state index contributed by atoms with van der Waals surface area (Å²) in [5.41, 5.74) is 5.48. The minimum atomic E-state index is -0.861. The molecule has 4 rings (SSSR count). The second-order valence-corrected chi connectivity index (χ2v) is 7.67. The Morgan fingerprint density at radius 3 is 2.86 bits per heavy atom. The third-order valence-electron chi connectivity index (χ3n) is 5.42. The van der Waals surface area contributed by atoms with E-state index in [1.165, 1.54) is 10.5 Å². The van der Waals surface area contributed by atoms with Crippen molar-refractivity contribution in [2.75, 3.05) is 6.54 Å². The lowest BCUT2D eigenvalue weighted by atomic mass is 9.94. The maximum absolute atomic E-state index is 11.2. The molecule has 0 bridgehead atoms. The van der Waals surface area contributed by atoms with E-state index >= 15 is 0 Å². The minimum Gasteiger partial charge on any atom is -0.489 e. The highest BCUT2D eigenvalue weighted by Crippen LogP contribution is 2.30. The Balaban J connectivity index is 1.51. The third kappa shape index (κ3) is 3.42. The summed E-state index contributed by atoms with van der Waals surface area (Å²) in [6.45, 7) is 7.75. The van der Waals surface area contributed by atoms with E-state index in [4.69, 9.17) is 4.74 Å². The fraction of sp³-hybridized carbons (Fsp3) is 0.364. The van der Waals surface area contributed by atoms with Crippen molar-refractivity contribution in [2.45, 2.75) is 46.4 Å². The standard InChI is InChI=1S/C22H25N3O3/c1-14(2)25-12-18-10-16(4-6-20(18)23-25)13-28-21-7-5-17-11-24(22(26)27)9-8-19(17)15(21)3/h4-7,10,12,14H,8-9,11,13H2,1-3H3,(H,26,27). The van der Waals surface area contributed by atoms with Gasteiger partial charge in [0.25, 0.3) is 0 Å². The van der Waals surface area contributed by atoms with Crippen molar-refractivity contribution in [3.8, 4) is 5.75 Å². The van der Waals surface area contributed by atoms with Crippen LogP contribution in [0, 0.1) is 6.92 Å². The topological polar surface area (TPSA) is 67.6 Å². The van der Waals surface area contributed by atoms with Crippen LogP contribution in [0.25, 0.3) is 10.9 Å². The summed E-state index contributed by atoms with van der Waals surface area (Å²) in [4.78, 5) is 12.7. The molecule has 0 radical (unpaired) electrons. The first kappa shape index (κ1) is 18.3. The fourth-order valence-electron chi connectivity index (χ4n) is 3.75. The number of ether oxygens (including phenoxy) is 1. The summed E-state index contributed by atoms with van der Waals surface area (Å²) in [7, 11) is 0. The molecule has 2 heterocycles. The summed E-state index contributed by atoms with van der Waals surface area (Å²) in [5, 5.41) is 14.9. The van der Waals surface area contributed by atoms with E-state index in [0.717, 1.165) is 39.8 Å². The predicted molar refractivity (Wildman–Crippen MR) is 108 cm³/mol. The monoisotopic (exact) mass is 379 g/mol. The van der Waals surface area contributed by atoms with Crippen LogP contribution in [-0.2, 0) is 19.6 Å². The first-order valence-electron chi connectivity index (χ1n) is 9.62. The average Bonchev–Trinajstić information content (AvgIpc) is 3.11. The molecule has 1 amide bonds. The molecule has 6 nitrogen and oxygen atoms in total. The molecule has 0 fully saturated rings. The minimum absolute atomic E-state index is 0.335. The number of amides is 1. The molecular weight excluding hydrogens is 354 g/mol. The molecule has 1 aromatic heterocycles. The van der Waals surface area contributed by atoms with Gasteiger partial charge in [0.2, 0.25) is 0 Å². The van der Waals surface area contributed by atoms with Crippen molar-refractivity contribution in [1.82, 2.24) is 14.7 Å². The molecule has 28 heavy (non-hydrogen) atoms. The van der Waals surface area contributed by atoms with Crippen LogP contribution < -0.4 is 4.74 Å². The number of aromatic nitrogens is 2. The predicted octanol–water partition coefficient (Wildman–Crippen LogP) is 4.54. The molecular formula is C22H25N3O3. The number of carbonyl (C=O) groups is 1. The molecule has 3 aromatic rings. The van der Waals surface area contributed by atoms with Crippen LogP contribution in [0.1, 0.15) is 42.1 Å². The van der Waals surface area contributed by atoms with Crippen molar-refractivity contribution >= 4 is 17.0 Å². The zero-order valence-corrected chi connectivity index (χ0v) is 16.5. The highest BCUT2D eigenvalue weighted by atomic mass is 16.5. The van der Waals surface area contributed by atoms with Gasteiger partial charge in [-0.1, -0.05) is 12.1 Å². The Labute approximate surface area is 164 Å². The van der Waals surface area contributed by atoms with Gasteiger partial charge in [-0.3, -0.25) is 4.68 Å². The van der Waals surface area contributed by atoms with E-state index < -0.39 is 6.09 Å². The van der Waals surface area contributed by atoms with Crippen molar-refractivity contribution in [3.05, 3.63) is 58.8 Å². The molecule has 2 aromatic carbocycles. The smallest absolute Gasteiger partial charge is 0.407 e. The number of nitrogens with zero attached hydrogens (tertiary/aromatic N) is 3.